The fourth-order valence-electron chi connectivity index (χ4n) is 1.87. The van der Waals surface area contributed by atoms with Crippen molar-refractivity contribution in [2.75, 3.05) is 6.61 Å². The van der Waals surface area contributed by atoms with Crippen molar-refractivity contribution >= 4 is 5.97 Å². The smallest absolute Gasteiger partial charge is 0.310 e. The summed E-state index contributed by atoms with van der Waals surface area (Å²) < 4.78 is 4.94. The maximum Gasteiger partial charge on any atom is 0.310 e. The zero-order valence-electron chi connectivity index (χ0n) is 10.8. The van der Waals surface area contributed by atoms with Crippen molar-refractivity contribution in [1.29, 1.82) is 5.26 Å². The first kappa shape index (κ1) is 14.2. The number of nitrogens with zero attached hydrogens (tertiary/aromatic N) is 1. The third kappa shape index (κ3) is 3.31. The molecule has 0 saturated carbocycles. The lowest BCUT2D eigenvalue weighted by Crippen LogP contribution is -2.11. The quantitative estimate of drug-likeness (QED) is 0.802. The van der Waals surface area contributed by atoms with Gasteiger partial charge >= 0.3 is 5.97 Å². The number of nitriles is 1. The van der Waals surface area contributed by atoms with Crippen LogP contribution in [0.25, 0.3) is 0 Å². The van der Waals surface area contributed by atoms with Gasteiger partial charge in [-0.25, -0.2) is 0 Å². The molecule has 0 unspecified atom stereocenters. The van der Waals surface area contributed by atoms with Gasteiger partial charge < -0.3 is 10.5 Å². The normalized spacial score (nSPS) is 9.89. The van der Waals surface area contributed by atoms with Crippen LogP contribution in [0.5, 0.6) is 0 Å². The first-order valence-electron chi connectivity index (χ1n) is 6.06. The highest BCUT2D eigenvalue weighted by Crippen LogP contribution is 2.18. The molecule has 1 aromatic rings. The number of nitrogens with two attached hydrogens (primary N) is 1. The van der Waals surface area contributed by atoms with E-state index < -0.39 is 0 Å². The van der Waals surface area contributed by atoms with Gasteiger partial charge in [0.1, 0.15) is 0 Å². The molecular weight excluding hydrogens is 228 g/mol. The Hall–Kier alpha value is -1.86. The Bertz CT molecular complexity index is 475. The number of ether oxygens (including phenoxy) is 1. The molecule has 0 fully saturated rings. The number of rotatable bonds is 5. The molecule has 0 bridgehead atoms. The standard InChI is InChI=1S/C14H18N2O2/c1-3-10-5-12(8-15)13(9-16)6-11(10)7-14(17)18-4-2/h5-6H,3-4,7,9,16H2,1-2H3. The molecule has 2 N–H and O–H groups in total. The van der Waals surface area contributed by atoms with E-state index in [-0.39, 0.29) is 12.4 Å². The highest BCUT2D eigenvalue weighted by Gasteiger charge is 2.12. The second-order valence-corrected chi connectivity index (χ2v) is 3.93. The first-order valence-corrected chi connectivity index (χ1v) is 6.06. The van der Waals surface area contributed by atoms with E-state index in [9.17, 15) is 4.79 Å². The molecule has 4 heteroatoms. The van der Waals surface area contributed by atoms with E-state index in [1.807, 2.05) is 19.1 Å². The largest absolute Gasteiger partial charge is 0.466 e. The fourth-order valence-corrected chi connectivity index (χ4v) is 1.87. The molecule has 0 aromatic heterocycles. The summed E-state index contributed by atoms with van der Waals surface area (Å²) in [6.07, 6.45) is 1.00. The third-order valence-corrected chi connectivity index (χ3v) is 2.79. The Labute approximate surface area is 107 Å². The molecule has 0 aliphatic rings. The van der Waals surface area contributed by atoms with Crippen molar-refractivity contribution in [2.24, 2.45) is 5.73 Å². The molecule has 0 saturated heterocycles. The maximum atomic E-state index is 11.5. The van der Waals surface area contributed by atoms with Gasteiger partial charge in [0.05, 0.1) is 24.7 Å². The van der Waals surface area contributed by atoms with Crippen LogP contribution >= 0.6 is 0 Å². The van der Waals surface area contributed by atoms with Crippen molar-refractivity contribution in [3.8, 4) is 6.07 Å². The molecule has 1 aromatic carbocycles. The molecule has 0 radical (unpaired) electrons. The molecule has 18 heavy (non-hydrogen) atoms. The summed E-state index contributed by atoms with van der Waals surface area (Å²) in [6, 6.07) is 5.79. The lowest BCUT2D eigenvalue weighted by Gasteiger charge is -2.11. The van der Waals surface area contributed by atoms with Crippen molar-refractivity contribution in [1.82, 2.24) is 0 Å². The SMILES string of the molecule is CCOC(=O)Cc1cc(CN)c(C#N)cc1CC. The van der Waals surface area contributed by atoms with E-state index in [2.05, 4.69) is 6.07 Å². The Morgan fingerprint density at radius 2 is 2.06 bits per heavy atom. The summed E-state index contributed by atoms with van der Waals surface area (Å²) in [5.41, 5.74) is 8.86. The topological polar surface area (TPSA) is 76.1 Å². The summed E-state index contributed by atoms with van der Waals surface area (Å²) >= 11 is 0. The van der Waals surface area contributed by atoms with E-state index in [4.69, 9.17) is 15.7 Å². The Kier molecular flexibility index (Phi) is 5.34. The number of benzene rings is 1. The summed E-state index contributed by atoms with van der Waals surface area (Å²) in [6.45, 7) is 4.44. The number of carbonyl (C=O) groups is 1. The first-order chi connectivity index (χ1) is 8.65. The zero-order chi connectivity index (χ0) is 13.5. The highest BCUT2D eigenvalue weighted by atomic mass is 16.5. The summed E-state index contributed by atoms with van der Waals surface area (Å²) in [7, 11) is 0. The van der Waals surface area contributed by atoms with Crippen molar-refractivity contribution < 1.29 is 9.53 Å². The van der Waals surface area contributed by atoms with E-state index in [1.54, 1.807) is 6.92 Å². The van der Waals surface area contributed by atoms with E-state index >= 15 is 0 Å². The number of hydrogen-bond donors (Lipinski definition) is 1. The monoisotopic (exact) mass is 246 g/mol. The third-order valence-electron chi connectivity index (χ3n) is 2.79. The average molecular weight is 246 g/mol. The van der Waals surface area contributed by atoms with Crippen LogP contribution < -0.4 is 5.73 Å². The molecule has 1 rings (SSSR count). The van der Waals surface area contributed by atoms with Crippen LogP contribution in [0, 0.1) is 11.3 Å². The molecule has 0 amide bonds. The Morgan fingerprint density at radius 3 is 2.56 bits per heavy atom. The van der Waals surface area contributed by atoms with E-state index in [1.165, 1.54) is 0 Å². The average Bonchev–Trinajstić information content (AvgIpc) is 2.38. The van der Waals surface area contributed by atoms with Crippen molar-refractivity contribution in [3.63, 3.8) is 0 Å². The van der Waals surface area contributed by atoms with Crippen LogP contribution in [-0.2, 0) is 28.9 Å². The van der Waals surface area contributed by atoms with Gasteiger partial charge in [-0.05, 0) is 36.1 Å². The number of esters is 1. The molecule has 96 valence electrons. The van der Waals surface area contributed by atoms with Gasteiger partial charge in [-0.3, -0.25) is 4.79 Å². The van der Waals surface area contributed by atoms with Crippen LogP contribution in [0.4, 0.5) is 0 Å². The van der Waals surface area contributed by atoms with Gasteiger partial charge in [0.2, 0.25) is 0 Å². The highest BCUT2D eigenvalue weighted by molar-refractivity contribution is 5.73. The summed E-state index contributed by atoms with van der Waals surface area (Å²) in [5, 5.41) is 9.03. The molecular formula is C14H18N2O2. The van der Waals surface area contributed by atoms with Crippen molar-refractivity contribution in [3.05, 3.63) is 34.4 Å². The lowest BCUT2D eigenvalue weighted by molar-refractivity contribution is -0.142. The number of carbonyl (C=O) groups excluding carboxylic acids is 1. The van der Waals surface area contributed by atoms with Crippen molar-refractivity contribution in [2.45, 2.75) is 33.2 Å². The second kappa shape index (κ2) is 6.77. The molecule has 0 aliphatic heterocycles. The fraction of sp³-hybridized carbons (Fsp3) is 0.429. The van der Waals surface area contributed by atoms with Crippen LogP contribution in [0.3, 0.4) is 0 Å². The minimum atomic E-state index is -0.250. The minimum absolute atomic E-state index is 0.232. The molecule has 0 heterocycles. The maximum absolute atomic E-state index is 11.5. The molecule has 0 atom stereocenters. The summed E-state index contributed by atoms with van der Waals surface area (Å²) in [4.78, 5) is 11.5. The van der Waals surface area contributed by atoms with Crippen LogP contribution in [0.2, 0.25) is 0 Å². The Morgan fingerprint density at radius 1 is 1.33 bits per heavy atom. The van der Waals surface area contributed by atoms with Gasteiger partial charge in [0.15, 0.2) is 0 Å². The van der Waals surface area contributed by atoms with Gasteiger partial charge in [-0.2, -0.15) is 5.26 Å². The van der Waals surface area contributed by atoms with Gasteiger partial charge in [0, 0.05) is 6.54 Å². The summed E-state index contributed by atoms with van der Waals surface area (Å²) in [5.74, 6) is -0.250. The second-order valence-electron chi connectivity index (χ2n) is 3.93. The minimum Gasteiger partial charge on any atom is -0.466 e. The lowest BCUT2D eigenvalue weighted by atomic mass is 9.95. The zero-order valence-corrected chi connectivity index (χ0v) is 10.8. The predicted octanol–water partition coefficient (Wildman–Crippen LogP) is 1.68. The van der Waals surface area contributed by atoms with E-state index in [0.29, 0.717) is 18.7 Å². The van der Waals surface area contributed by atoms with Gasteiger partial charge in [0.25, 0.3) is 0 Å². The van der Waals surface area contributed by atoms with Gasteiger partial charge in [-0.15, -0.1) is 0 Å². The molecule has 4 nitrogen and oxygen atoms in total. The number of aryl methyl sites for hydroxylation is 1. The number of hydrogen-bond acceptors (Lipinski definition) is 4. The van der Waals surface area contributed by atoms with Gasteiger partial charge in [-0.1, -0.05) is 13.0 Å². The van der Waals surface area contributed by atoms with Crippen LogP contribution in [0.1, 0.15) is 36.1 Å². The van der Waals surface area contributed by atoms with E-state index in [0.717, 1.165) is 23.1 Å². The van der Waals surface area contributed by atoms with Crippen LogP contribution in [0.15, 0.2) is 12.1 Å². The predicted molar refractivity (Wildman–Crippen MR) is 68.8 cm³/mol. The Balaban J connectivity index is 3.10. The molecule has 0 aliphatic carbocycles. The molecule has 0 spiro atoms. The van der Waals surface area contributed by atoms with Crippen LogP contribution in [-0.4, -0.2) is 12.6 Å².